The van der Waals surface area contributed by atoms with Crippen molar-refractivity contribution >= 4 is 28.1 Å². The number of hydrogen-bond donors (Lipinski definition) is 1. The number of hydrogen-bond acceptors (Lipinski definition) is 3. The van der Waals surface area contributed by atoms with Crippen LogP contribution in [0.15, 0.2) is 35.7 Å². The van der Waals surface area contributed by atoms with Gasteiger partial charge in [0.2, 0.25) is 0 Å². The van der Waals surface area contributed by atoms with Crippen molar-refractivity contribution in [2.75, 3.05) is 11.2 Å². The predicted molar refractivity (Wildman–Crippen MR) is 70.4 cm³/mol. The van der Waals surface area contributed by atoms with Gasteiger partial charge in [-0.3, -0.25) is 0 Å². The smallest absolute Gasteiger partial charge is 0.183 e. The number of aryl methyl sites for hydroxylation is 1. The van der Waals surface area contributed by atoms with Crippen LogP contribution in [0.5, 0.6) is 0 Å². The third-order valence-electron chi connectivity index (χ3n) is 2.27. The average Bonchev–Trinajstić information content (AvgIpc) is 2.73. The topological polar surface area (TPSA) is 24.9 Å². The van der Waals surface area contributed by atoms with E-state index in [1.807, 2.05) is 30.5 Å². The maximum atomic E-state index is 5.97. The quantitative estimate of drug-likeness (QED) is 0.837. The van der Waals surface area contributed by atoms with Gasteiger partial charge in [-0.15, -0.1) is 22.9 Å². The molecule has 0 bridgehead atoms. The van der Waals surface area contributed by atoms with Crippen LogP contribution >= 0.6 is 22.9 Å². The molecule has 0 aliphatic heterocycles. The second-order valence-corrected chi connectivity index (χ2v) is 4.72. The summed E-state index contributed by atoms with van der Waals surface area (Å²) >= 11 is 7.58. The maximum absolute atomic E-state index is 5.97. The summed E-state index contributed by atoms with van der Waals surface area (Å²) < 4.78 is 0. The summed E-state index contributed by atoms with van der Waals surface area (Å²) in [7, 11) is 0. The summed E-state index contributed by atoms with van der Waals surface area (Å²) in [6, 6.07) is 10.3. The molecule has 1 aromatic carbocycles. The van der Waals surface area contributed by atoms with Crippen molar-refractivity contribution in [1.29, 1.82) is 0 Å². The SMILES string of the molecule is Cc1csc(NC(CCl)c2ccccc2)n1. The molecule has 1 atom stereocenters. The molecule has 0 aliphatic rings. The first-order chi connectivity index (χ1) is 7.79. The number of anilines is 1. The Morgan fingerprint density at radius 2 is 2.12 bits per heavy atom. The van der Waals surface area contributed by atoms with Gasteiger partial charge < -0.3 is 5.32 Å². The van der Waals surface area contributed by atoms with Crippen LogP contribution < -0.4 is 5.32 Å². The normalized spacial score (nSPS) is 12.4. The zero-order chi connectivity index (χ0) is 11.4. The molecule has 1 N–H and O–H groups in total. The van der Waals surface area contributed by atoms with E-state index in [4.69, 9.17) is 11.6 Å². The zero-order valence-corrected chi connectivity index (χ0v) is 10.6. The molecular formula is C12H13ClN2S. The molecule has 0 radical (unpaired) electrons. The van der Waals surface area contributed by atoms with E-state index in [1.54, 1.807) is 11.3 Å². The predicted octanol–water partition coefficient (Wildman–Crippen LogP) is 3.84. The van der Waals surface area contributed by atoms with Crippen molar-refractivity contribution in [3.8, 4) is 0 Å². The van der Waals surface area contributed by atoms with Gasteiger partial charge in [0, 0.05) is 11.3 Å². The van der Waals surface area contributed by atoms with E-state index in [0.29, 0.717) is 5.88 Å². The number of rotatable bonds is 4. The van der Waals surface area contributed by atoms with Crippen LogP contribution in [0.1, 0.15) is 17.3 Å². The van der Waals surface area contributed by atoms with Crippen LogP contribution in [0.4, 0.5) is 5.13 Å². The first kappa shape index (κ1) is 11.4. The van der Waals surface area contributed by atoms with E-state index < -0.39 is 0 Å². The molecule has 1 unspecified atom stereocenters. The van der Waals surface area contributed by atoms with Crippen molar-refractivity contribution in [3.05, 3.63) is 47.0 Å². The van der Waals surface area contributed by atoms with Crippen LogP contribution in [-0.4, -0.2) is 10.9 Å². The Labute approximate surface area is 104 Å². The Kier molecular flexibility index (Phi) is 3.80. The highest BCUT2D eigenvalue weighted by Crippen LogP contribution is 2.23. The Balaban J connectivity index is 2.12. The standard InChI is InChI=1S/C12H13ClN2S/c1-9-8-16-12(14-9)15-11(7-13)10-5-3-2-4-6-10/h2-6,8,11H,7H2,1H3,(H,14,15). The van der Waals surface area contributed by atoms with Crippen molar-refractivity contribution in [3.63, 3.8) is 0 Å². The van der Waals surface area contributed by atoms with Crippen LogP contribution in [0.2, 0.25) is 0 Å². The van der Waals surface area contributed by atoms with Crippen molar-refractivity contribution in [2.45, 2.75) is 13.0 Å². The largest absolute Gasteiger partial charge is 0.353 e. The lowest BCUT2D eigenvalue weighted by Gasteiger charge is -2.15. The zero-order valence-electron chi connectivity index (χ0n) is 8.98. The minimum atomic E-state index is 0.119. The third kappa shape index (κ3) is 2.74. The summed E-state index contributed by atoms with van der Waals surface area (Å²) in [6.45, 7) is 1.99. The van der Waals surface area contributed by atoms with Crippen molar-refractivity contribution < 1.29 is 0 Å². The lowest BCUT2D eigenvalue weighted by molar-refractivity contribution is 0.888. The summed E-state index contributed by atoms with van der Waals surface area (Å²) in [4.78, 5) is 4.37. The Morgan fingerprint density at radius 1 is 1.38 bits per heavy atom. The Morgan fingerprint density at radius 3 is 2.69 bits per heavy atom. The summed E-state index contributed by atoms with van der Waals surface area (Å²) in [6.07, 6.45) is 0. The summed E-state index contributed by atoms with van der Waals surface area (Å²) in [5.41, 5.74) is 2.22. The number of benzene rings is 1. The minimum Gasteiger partial charge on any atom is -0.353 e. The van der Waals surface area contributed by atoms with E-state index in [9.17, 15) is 0 Å². The molecule has 2 rings (SSSR count). The van der Waals surface area contributed by atoms with Crippen LogP contribution in [0.3, 0.4) is 0 Å². The van der Waals surface area contributed by atoms with Gasteiger partial charge >= 0.3 is 0 Å². The molecule has 84 valence electrons. The van der Waals surface area contributed by atoms with E-state index >= 15 is 0 Å². The molecule has 4 heteroatoms. The number of aromatic nitrogens is 1. The molecule has 0 spiro atoms. The highest BCUT2D eigenvalue weighted by molar-refractivity contribution is 7.13. The lowest BCUT2D eigenvalue weighted by atomic mass is 10.1. The first-order valence-electron chi connectivity index (χ1n) is 5.09. The number of alkyl halides is 1. The lowest BCUT2D eigenvalue weighted by Crippen LogP contribution is -2.11. The van der Waals surface area contributed by atoms with Crippen LogP contribution in [0.25, 0.3) is 0 Å². The van der Waals surface area contributed by atoms with Crippen molar-refractivity contribution in [1.82, 2.24) is 4.98 Å². The van der Waals surface area contributed by atoms with Gasteiger partial charge in [0.15, 0.2) is 5.13 Å². The number of halogens is 1. The van der Waals surface area contributed by atoms with E-state index in [1.165, 1.54) is 5.56 Å². The van der Waals surface area contributed by atoms with Gasteiger partial charge in [0.25, 0.3) is 0 Å². The summed E-state index contributed by atoms with van der Waals surface area (Å²) in [5, 5.41) is 6.29. The van der Waals surface area contributed by atoms with Gasteiger partial charge in [-0.1, -0.05) is 30.3 Å². The second-order valence-electron chi connectivity index (χ2n) is 3.56. The Bertz CT molecular complexity index is 441. The monoisotopic (exact) mass is 252 g/mol. The van der Waals surface area contributed by atoms with Crippen molar-refractivity contribution in [2.24, 2.45) is 0 Å². The highest BCUT2D eigenvalue weighted by atomic mass is 35.5. The highest BCUT2D eigenvalue weighted by Gasteiger charge is 2.10. The molecule has 2 nitrogen and oxygen atoms in total. The second kappa shape index (κ2) is 5.32. The van der Waals surface area contributed by atoms with Gasteiger partial charge in [0.05, 0.1) is 11.7 Å². The molecule has 0 saturated heterocycles. The number of nitrogens with zero attached hydrogens (tertiary/aromatic N) is 1. The average molecular weight is 253 g/mol. The fourth-order valence-electron chi connectivity index (χ4n) is 1.47. The fourth-order valence-corrected chi connectivity index (χ4v) is 2.46. The van der Waals surface area contributed by atoms with E-state index in [2.05, 4.69) is 22.4 Å². The van der Waals surface area contributed by atoms with Gasteiger partial charge in [-0.25, -0.2) is 4.98 Å². The fraction of sp³-hybridized carbons (Fsp3) is 0.250. The molecular weight excluding hydrogens is 240 g/mol. The minimum absolute atomic E-state index is 0.119. The van der Waals surface area contributed by atoms with E-state index in [-0.39, 0.29) is 6.04 Å². The Hall–Kier alpha value is -1.06. The van der Waals surface area contributed by atoms with Gasteiger partial charge in [-0.05, 0) is 12.5 Å². The molecule has 16 heavy (non-hydrogen) atoms. The molecule has 0 fully saturated rings. The van der Waals surface area contributed by atoms with E-state index in [0.717, 1.165) is 10.8 Å². The van der Waals surface area contributed by atoms with Crippen LogP contribution in [0, 0.1) is 6.92 Å². The summed E-state index contributed by atoms with van der Waals surface area (Å²) in [5.74, 6) is 0.530. The molecule has 0 saturated carbocycles. The molecule has 1 aromatic heterocycles. The molecule has 2 aromatic rings. The molecule has 0 amide bonds. The van der Waals surface area contributed by atoms with Gasteiger partial charge in [0.1, 0.15) is 0 Å². The number of thiazole rings is 1. The number of nitrogens with one attached hydrogen (secondary N) is 1. The van der Waals surface area contributed by atoms with Gasteiger partial charge in [-0.2, -0.15) is 0 Å². The van der Waals surface area contributed by atoms with Crippen LogP contribution in [-0.2, 0) is 0 Å². The third-order valence-corrected chi connectivity index (χ3v) is 3.47. The molecule has 0 aliphatic carbocycles. The first-order valence-corrected chi connectivity index (χ1v) is 6.50. The molecule has 1 heterocycles. The maximum Gasteiger partial charge on any atom is 0.183 e.